The Morgan fingerprint density at radius 1 is 1.40 bits per heavy atom. The highest BCUT2D eigenvalue weighted by atomic mass is 35.5. The van der Waals surface area contributed by atoms with E-state index in [9.17, 15) is 4.39 Å². The van der Waals surface area contributed by atoms with Gasteiger partial charge in [0.1, 0.15) is 0 Å². The zero-order valence-corrected chi connectivity index (χ0v) is 11.4. The average molecular weight is 291 g/mol. The van der Waals surface area contributed by atoms with Gasteiger partial charge in [0.2, 0.25) is 0 Å². The fraction of sp³-hybridized carbons (Fsp3) is 0.214. The molecule has 0 atom stereocenters. The number of nitrogens with zero attached hydrogens (tertiary/aromatic N) is 4. The van der Waals surface area contributed by atoms with E-state index >= 15 is 0 Å². The maximum absolute atomic E-state index is 13.9. The molecule has 0 saturated heterocycles. The molecule has 0 spiro atoms. The van der Waals surface area contributed by atoms with Crippen molar-refractivity contribution in [2.45, 2.75) is 13.0 Å². The van der Waals surface area contributed by atoms with E-state index in [0.717, 1.165) is 5.56 Å². The number of hydrogen-bond acceptors (Lipinski definition) is 4. The van der Waals surface area contributed by atoms with Crippen LogP contribution in [0.15, 0.2) is 36.8 Å². The normalized spacial score (nSPS) is 10.1. The first-order valence-electron chi connectivity index (χ1n) is 6.02. The number of rotatable bonds is 5. The number of anilines is 1. The summed E-state index contributed by atoms with van der Waals surface area (Å²) in [4.78, 5) is 9.74. The van der Waals surface area contributed by atoms with Gasteiger partial charge in [-0.3, -0.25) is 4.98 Å². The molecule has 2 aromatic heterocycles. The molecule has 0 saturated carbocycles. The van der Waals surface area contributed by atoms with E-state index in [1.165, 1.54) is 12.3 Å². The van der Waals surface area contributed by atoms with Gasteiger partial charge in [-0.1, -0.05) is 17.7 Å². The summed E-state index contributed by atoms with van der Waals surface area (Å²) in [7, 11) is 0. The van der Waals surface area contributed by atoms with Crippen LogP contribution in [0.2, 0.25) is 5.02 Å². The molecule has 0 radical (unpaired) electrons. The number of aromatic nitrogens is 2. The fourth-order valence-corrected chi connectivity index (χ4v) is 1.94. The second kappa shape index (κ2) is 6.83. The Balaban J connectivity index is 2.25. The summed E-state index contributed by atoms with van der Waals surface area (Å²) < 4.78 is 13.9. The summed E-state index contributed by atoms with van der Waals surface area (Å²) in [5, 5.41) is 8.96. The molecule has 0 aliphatic carbocycles. The predicted molar refractivity (Wildman–Crippen MR) is 74.7 cm³/mol. The third kappa shape index (κ3) is 3.65. The van der Waals surface area contributed by atoms with Crippen LogP contribution in [0.1, 0.15) is 12.0 Å². The van der Waals surface area contributed by atoms with Crippen molar-refractivity contribution in [2.75, 3.05) is 11.4 Å². The Hall–Kier alpha value is -2.19. The molecule has 20 heavy (non-hydrogen) atoms. The van der Waals surface area contributed by atoms with Crippen LogP contribution in [-0.2, 0) is 6.54 Å². The second-order valence-corrected chi connectivity index (χ2v) is 4.59. The maximum atomic E-state index is 13.9. The zero-order valence-electron chi connectivity index (χ0n) is 10.6. The van der Waals surface area contributed by atoms with Gasteiger partial charge in [-0.25, -0.2) is 9.37 Å². The van der Waals surface area contributed by atoms with Crippen molar-refractivity contribution in [1.29, 1.82) is 5.26 Å². The summed E-state index contributed by atoms with van der Waals surface area (Å²) in [5.74, 6) is -0.312. The van der Waals surface area contributed by atoms with Crippen LogP contribution < -0.4 is 4.90 Å². The largest absolute Gasteiger partial charge is 0.349 e. The van der Waals surface area contributed by atoms with Crippen LogP contribution in [0, 0.1) is 17.1 Å². The van der Waals surface area contributed by atoms with Crippen LogP contribution in [0.5, 0.6) is 0 Å². The van der Waals surface area contributed by atoms with Crippen molar-refractivity contribution >= 4 is 17.4 Å². The lowest BCUT2D eigenvalue weighted by Gasteiger charge is -2.23. The lowest BCUT2D eigenvalue weighted by Crippen LogP contribution is -2.25. The fourth-order valence-electron chi connectivity index (χ4n) is 1.80. The summed E-state index contributed by atoms with van der Waals surface area (Å²) in [6.07, 6.45) is 5.05. The first-order chi connectivity index (χ1) is 9.70. The standard InChI is InChI=1S/C14H12ClFN4/c15-12-7-13(16)14(19-9-12)20(6-2-4-17)10-11-3-1-5-18-8-11/h1,3,5,7-9H,2,6,10H2. The highest BCUT2D eigenvalue weighted by molar-refractivity contribution is 6.30. The van der Waals surface area contributed by atoms with Crippen LogP contribution in [-0.4, -0.2) is 16.5 Å². The molecule has 0 aliphatic rings. The Labute approximate surface area is 121 Å². The first kappa shape index (κ1) is 14.2. The molecule has 6 heteroatoms. The third-order valence-electron chi connectivity index (χ3n) is 2.68. The molecule has 4 nitrogen and oxygen atoms in total. The molecule has 0 aromatic carbocycles. The average Bonchev–Trinajstić information content (AvgIpc) is 2.45. The van der Waals surface area contributed by atoms with E-state index in [2.05, 4.69) is 16.0 Å². The van der Waals surface area contributed by atoms with Crippen LogP contribution in [0.4, 0.5) is 10.2 Å². The monoisotopic (exact) mass is 290 g/mol. The predicted octanol–water partition coefficient (Wildman–Crippen LogP) is 3.19. The van der Waals surface area contributed by atoms with E-state index in [4.69, 9.17) is 16.9 Å². The van der Waals surface area contributed by atoms with Crippen LogP contribution in [0.25, 0.3) is 0 Å². The van der Waals surface area contributed by atoms with Gasteiger partial charge < -0.3 is 4.90 Å². The first-order valence-corrected chi connectivity index (χ1v) is 6.40. The van der Waals surface area contributed by atoms with E-state index in [-0.39, 0.29) is 17.3 Å². The molecule has 0 fully saturated rings. The Morgan fingerprint density at radius 2 is 2.25 bits per heavy atom. The van der Waals surface area contributed by atoms with Gasteiger partial charge in [-0.05, 0) is 17.7 Å². The third-order valence-corrected chi connectivity index (χ3v) is 2.88. The molecule has 0 amide bonds. The molecular weight excluding hydrogens is 279 g/mol. The molecule has 102 valence electrons. The number of pyridine rings is 2. The topological polar surface area (TPSA) is 52.8 Å². The van der Waals surface area contributed by atoms with E-state index < -0.39 is 5.82 Å². The van der Waals surface area contributed by atoms with Gasteiger partial charge in [0.05, 0.1) is 17.5 Å². The second-order valence-electron chi connectivity index (χ2n) is 4.15. The maximum Gasteiger partial charge on any atom is 0.167 e. The van der Waals surface area contributed by atoms with E-state index in [1.54, 1.807) is 17.3 Å². The lowest BCUT2D eigenvalue weighted by atomic mass is 10.2. The Kier molecular flexibility index (Phi) is 4.85. The molecule has 2 aromatic rings. The molecule has 0 bridgehead atoms. The van der Waals surface area contributed by atoms with Crippen molar-refractivity contribution < 1.29 is 4.39 Å². The summed E-state index contributed by atoms with van der Waals surface area (Å²) in [5.41, 5.74) is 0.918. The van der Waals surface area contributed by atoms with Gasteiger partial charge in [-0.2, -0.15) is 5.26 Å². The van der Waals surface area contributed by atoms with Gasteiger partial charge in [0.25, 0.3) is 0 Å². The van der Waals surface area contributed by atoms with Gasteiger partial charge in [0.15, 0.2) is 11.6 Å². The smallest absolute Gasteiger partial charge is 0.167 e. The van der Waals surface area contributed by atoms with Crippen molar-refractivity contribution in [3.63, 3.8) is 0 Å². The zero-order chi connectivity index (χ0) is 14.4. The molecule has 0 N–H and O–H groups in total. The van der Waals surface area contributed by atoms with Gasteiger partial charge in [0, 0.05) is 31.7 Å². The molecule has 2 heterocycles. The van der Waals surface area contributed by atoms with Crippen molar-refractivity contribution in [2.24, 2.45) is 0 Å². The van der Waals surface area contributed by atoms with Crippen molar-refractivity contribution in [3.8, 4) is 6.07 Å². The van der Waals surface area contributed by atoms with Crippen molar-refractivity contribution in [3.05, 3.63) is 53.2 Å². The molecule has 0 unspecified atom stereocenters. The summed E-state index contributed by atoms with van der Waals surface area (Å²) in [6.45, 7) is 0.817. The minimum Gasteiger partial charge on any atom is -0.349 e. The Bertz CT molecular complexity index is 612. The number of halogens is 2. The highest BCUT2D eigenvalue weighted by Crippen LogP contribution is 2.21. The van der Waals surface area contributed by atoms with Crippen LogP contribution >= 0.6 is 11.6 Å². The number of nitriles is 1. The number of hydrogen-bond donors (Lipinski definition) is 0. The van der Waals surface area contributed by atoms with Gasteiger partial charge >= 0.3 is 0 Å². The quantitative estimate of drug-likeness (QED) is 0.848. The minimum atomic E-state index is -0.501. The van der Waals surface area contributed by atoms with E-state index in [1.807, 2.05) is 12.1 Å². The van der Waals surface area contributed by atoms with Crippen LogP contribution in [0.3, 0.4) is 0 Å². The van der Waals surface area contributed by atoms with Crippen molar-refractivity contribution in [1.82, 2.24) is 9.97 Å². The molecule has 0 aliphatic heterocycles. The molecular formula is C14H12ClFN4. The van der Waals surface area contributed by atoms with Gasteiger partial charge in [-0.15, -0.1) is 0 Å². The minimum absolute atomic E-state index is 0.188. The lowest BCUT2D eigenvalue weighted by molar-refractivity contribution is 0.607. The molecule has 2 rings (SSSR count). The summed E-state index contributed by atoms with van der Waals surface area (Å²) >= 11 is 5.70. The Morgan fingerprint density at radius 3 is 2.90 bits per heavy atom. The SMILES string of the molecule is N#CCCN(Cc1cccnc1)c1ncc(Cl)cc1F. The van der Waals surface area contributed by atoms with E-state index in [0.29, 0.717) is 13.1 Å². The summed E-state index contributed by atoms with van der Waals surface area (Å²) in [6, 6.07) is 6.96. The highest BCUT2D eigenvalue weighted by Gasteiger charge is 2.14.